The number of nitriles is 1. The van der Waals surface area contributed by atoms with E-state index in [0.29, 0.717) is 22.9 Å². The van der Waals surface area contributed by atoms with Crippen LogP contribution in [0.4, 0.5) is 10.3 Å². The molecule has 3 aromatic heterocycles. The van der Waals surface area contributed by atoms with Gasteiger partial charge in [-0.3, -0.25) is 14.3 Å². The molecule has 1 aromatic carbocycles. The third-order valence-electron chi connectivity index (χ3n) is 5.33. The van der Waals surface area contributed by atoms with Crippen LogP contribution in [-0.4, -0.2) is 47.6 Å². The maximum Gasteiger partial charge on any atom is 0.243 e. The average molecular weight is 513 g/mol. The monoisotopic (exact) mass is 512 g/mol. The molecule has 1 N–H and O–H groups in total. The summed E-state index contributed by atoms with van der Waals surface area (Å²) in [4.78, 5) is 3.89. The van der Waals surface area contributed by atoms with Crippen LogP contribution in [0.15, 0.2) is 53.3 Å². The molecule has 4 rings (SSSR count). The SMILES string of the molecule is COc1cccc(OC)c1-n1c(NS(=O)(=O)[C@@H](C)Cc2ncc(F)cc2C#N)nnc1-c1ccco1. The number of nitrogens with zero attached hydrogens (tertiary/aromatic N) is 5. The number of benzene rings is 1. The maximum atomic E-state index is 13.5. The van der Waals surface area contributed by atoms with Gasteiger partial charge in [-0.15, -0.1) is 10.2 Å². The van der Waals surface area contributed by atoms with Crippen molar-refractivity contribution in [3.8, 4) is 34.8 Å². The largest absolute Gasteiger partial charge is 0.494 e. The van der Waals surface area contributed by atoms with Crippen LogP contribution in [-0.2, 0) is 16.4 Å². The Morgan fingerprint density at radius 2 is 1.92 bits per heavy atom. The predicted octanol–water partition coefficient (Wildman–Crippen LogP) is 3.32. The fourth-order valence-electron chi connectivity index (χ4n) is 3.52. The van der Waals surface area contributed by atoms with Crippen molar-refractivity contribution in [1.82, 2.24) is 19.7 Å². The number of hydrogen-bond donors (Lipinski definition) is 1. The molecular weight excluding hydrogens is 491 g/mol. The minimum absolute atomic E-state index is 0.0425. The Morgan fingerprint density at radius 3 is 2.53 bits per heavy atom. The van der Waals surface area contributed by atoms with Gasteiger partial charge in [-0.05, 0) is 37.3 Å². The number of anilines is 1. The lowest BCUT2D eigenvalue weighted by Crippen LogP contribution is -2.29. The highest BCUT2D eigenvalue weighted by molar-refractivity contribution is 7.93. The summed E-state index contributed by atoms with van der Waals surface area (Å²) in [5, 5.41) is 16.4. The normalized spacial score (nSPS) is 12.1. The fraction of sp³-hybridized carbons (Fsp3) is 0.217. The first-order chi connectivity index (χ1) is 17.3. The fourth-order valence-corrected chi connectivity index (χ4v) is 4.48. The molecule has 0 saturated heterocycles. The number of ether oxygens (including phenoxy) is 2. The van der Waals surface area contributed by atoms with Crippen LogP contribution in [0.2, 0.25) is 0 Å². The van der Waals surface area contributed by atoms with Gasteiger partial charge in [-0.25, -0.2) is 12.8 Å². The molecule has 0 spiro atoms. The van der Waals surface area contributed by atoms with Crippen molar-refractivity contribution in [3.05, 3.63) is 65.9 Å². The molecule has 1 atom stereocenters. The van der Waals surface area contributed by atoms with Gasteiger partial charge in [0.05, 0.1) is 43.2 Å². The minimum atomic E-state index is -4.10. The van der Waals surface area contributed by atoms with Crippen LogP contribution in [0.3, 0.4) is 0 Å². The molecule has 4 aromatic rings. The van der Waals surface area contributed by atoms with E-state index in [1.54, 1.807) is 30.3 Å². The second-order valence-corrected chi connectivity index (χ2v) is 9.69. The van der Waals surface area contributed by atoms with Crippen molar-refractivity contribution in [3.63, 3.8) is 0 Å². The lowest BCUT2D eigenvalue weighted by atomic mass is 10.1. The van der Waals surface area contributed by atoms with Crippen LogP contribution in [0.5, 0.6) is 11.5 Å². The highest BCUT2D eigenvalue weighted by atomic mass is 32.2. The standard InChI is InChI=1S/C23H21FN6O5S/c1-14(10-17-15(12-25)11-16(24)13-26-17)36(31,32)29-23-28-27-22(20-8-5-9-35-20)30(23)21-18(33-2)6-4-7-19(21)34-3/h4-9,11,13-14H,10H2,1-3H3,(H,28,29)/t14-/m0/s1. The summed E-state index contributed by atoms with van der Waals surface area (Å²) in [7, 11) is -1.18. The van der Waals surface area contributed by atoms with Gasteiger partial charge in [-0.2, -0.15) is 5.26 Å². The van der Waals surface area contributed by atoms with Gasteiger partial charge >= 0.3 is 0 Å². The highest BCUT2D eigenvalue weighted by Gasteiger charge is 2.29. The first-order valence-corrected chi connectivity index (χ1v) is 12.1. The summed E-state index contributed by atoms with van der Waals surface area (Å²) in [6.45, 7) is 1.44. The van der Waals surface area contributed by atoms with E-state index in [4.69, 9.17) is 13.9 Å². The zero-order chi connectivity index (χ0) is 25.9. The number of hydrogen-bond acceptors (Lipinski definition) is 9. The van der Waals surface area contributed by atoms with E-state index in [2.05, 4.69) is 19.9 Å². The number of para-hydroxylation sites is 1. The molecule has 0 radical (unpaired) electrons. The van der Waals surface area contributed by atoms with Crippen LogP contribution in [0, 0.1) is 17.1 Å². The van der Waals surface area contributed by atoms with Crippen molar-refractivity contribution in [2.75, 3.05) is 18.9 Å². The first-order valence-electron chi connectivity index (χ1n) is 10.6. The van der Waals surface area contributed by atoms with Crippen LogP contribution in [0.1, 0.15) is 18.2 Å². The molecule has 0 fully saturated rings. The number of aromatic nitrogens is 4. The predicted molar refractivity (Wildman–Crippen MR) is 127 cm³/mol. The molecule has 0 aliphatic rings. The third kappa shape index (κ3) is 4.71. The molecule has 0 bridgehead atoms. The van der Waals surface area contributed by atoms with Crippen molar-refractivity contribution in [2.45, 2.75) is 18.6 Å². The molecular formula is C23H21FN6O5S. The van der Waals surface area contributed by atoms with Crippen LogP contribution < -0.4 is 14.2 Å². The summed E-state index contributed by atoms with van der Waals surface area (Å²) in [6.07, 6.45) is 2.24. The van der Waals surface area contributed by atoms with E-state index in [0.717, 1.165) is 12.3 Å². The average Bonchev–Trinajstić information content (AvgIpc) is 3.54. The first kappa shape index (κ1) is 24.7. The van der Waals surface area contributed by atoms with Gasteiger partial charge in [-0.1, -0.05) is 6.07 Å². The summed E-state index contributed by atoms with van der Waals surface area (Å²) in [5.41, 5.74) is 0.455. The Kier molecular flexibility index (Phi) is 6.89. The van der Waals surface area contributed by atoms with E-state index in [1.165, 1.54) is 32.0 Å². The second-order valence-electron chi connectivity index (χ2n) is 7.59. The summed E-state index contributed by atoms with van der Waals surface area (Å²) in [5.74, 6) is 0.411. The quantitative estimate of drug-likeness (QED) is 0.357. The lowest BCUT2D eigenvalue weighted by molar-refractivity contribution is 0.391. The molecule has 0 amide bonds. The number of pyridine rings is 1. The van der Waals surface area contributed by atoms with Gasteiger partial charge in [0, 0.05) is 6.42 Å². The van der Waals surface area contributed by atoms with Gasteiger partial charge in [0.1, 0.15) is 29.1 Å². The molecule has 0 aliphatic heterocycles. The van der Waals surface area contributed by atoms with Crippen molar-refractivity contribution >= 4 is 16.0 Å². The second kappa shape index (κ2) is 10.0. The molecule has 11 nitrogen and oxygen atoms in total. The number of rotatable bonds is 9. The Bertz CT molecular complexity index is 1510. The molecule has 0 saturated carbocycles. The van der Waals surface area contributed by atoms with E-state index in [1.807, 2.05) is 6.07 Å². The minimum Gasteiger partial charge on any atom is -0.494 e. The zero-order valence-electron chi connectivity index (χ0n) is 19.5. The number of sulfonamides is 1. The molecule has 3 heterocycles. The van der Waals surface area contributed by atoms with Crippen molar-refractivity contribution in [1.29, 1.82) is 5.26 Å². The smallest absolute Gasteiger partial charge is 0.243 e. The maximum absolute atomic E-state index is 13.5. The van der Waals surface area contributed by atoms with Gasteiger partial charge in [0.15, 0.2) is 5.76 Å². The Balaban J connectivity index is 1.77. The molecule has 0 unspecified atom stereocenters. The van der Waals surface area contributed by atoms with E-state index < -0.39 is 21.1 Å². The molecule has 13 heteroatoms. The van der Waals surface area contributed by atoms with E-state index >= 15 is 0 Å². The zero-order valence-corrected chi connectivity index (χ0v) is 20.3. The number of methoxy groups -OCH3 is 2. The number of nitrogens with one attached hydrogen (secondary N) is 1. The van der Waals surface area contributed by atoms with E-state index in [9.17, 15) is 18.1 Å². The van der Waals surface area contributed by atoms with Crippen LogP contribution in [0.25, 0.3) is 17.3 Å². The van der Waals surface area contributed by atoms with Gasteiger partial charge in [0.25, 0.3) is 0 Å². The summed E-state index contributed by atoms with van der Waals surface area (Å²) >= 11 is 0. The molecule has 186 valence electrons. The van der Waals surface area contributed by atoms with Crippen molar-refractivity contribution in [2.24, 2.45) is 0 Å². The Morgan fingerprint density at radius 1 is 1.19 bits per heavy atom. The summed E-state index contributed by atoms with van der Waals surface area (Å²) < 4.78 is 60.4. The van der Waals surface area contributed by atoms with Gasteiger partial charge < -0.3 is 13.9 Å². The van der Waals surface area contributed by atoms with Gasteiger partial charge in [0.2, 0.25) is 21.8 Å². The van der Waals surface area contributed by atoms with Crippen molar-refractivity contribution < 1.29 is 26.7 Å². The third-order valence-corrected chi connectivity index (χ3v) is 7.02. The Labute approximate surface area is 206 Å². The van der Waals surface area contributed by atoms with E-state index in [-0.39, 0.29) is 29.5 Å². The Hall–Kier alpha value is -4.44. The molecule has 0 aliphatic carbocycles. The topological polar surface area (TPSA) is 145 Å². The number of halogens is 1. The number of furan rings is 1. The van der Waals surface area contributed by atoms with Crippen LogP contribution >= 0.6 is 0 Å². The summed E-state index contributed by atoms with van der Waals surface area (Å²) in [6, 6.07) is 11.2. The highest BCUT2D eigenvalue weighted by Crippen LogP contribution is 2.37. The molecule has 36 heavy (non-hydrogen) atoms. The lowest BCUT2D eigenvalue weighted by Gasteiger charge is -2.18.